The lowest BCUT2D eigenvalue weighted by Crippen LogP contribution is -2.60. The number of benzene rings is 2. The van der Waals surface area contributed by atoms with Crippen LogP contribution in [0.5, 0.6) is 34.5 Å². The fourth-order valence-electron chi connectivity index (χ4n) is 6.72. The van der Waals surface area contributed by atoms with Gasteiger partial charge in [-0.1, -0.05) is 0 Å². The van der Waals surface area contributed by atoms with Gasteiger partial charge in [0.05, 0.1) is 18.8 Å². The minimum atomic E-state index is -2.08. The molecule has 0 aromatic heterocycles. The zero-order chi connectivity index (χ0) is 44.6. The number of carboxylic acid groups (broad SMARTS) is 1. The number of hydrogen-bond acceptors (Lipinski definition) is 24. The van der Waals surface area contributed by atoms with E-state index < -0.39 is 171 Å². The zero-order valence-electron chi connectivity index (χ0n) is 31.2. The highest BCUT2D eigenvalue weighted by Gasteiger charge is 2.49. The number of rotatable bonds is 13. The van der Waals surface area contributed by atoms with Crippen LogP contribution in [0.4, 0.5) is 0 Å². The molecule has 4 aliphatic heterocycles. The van der Waals surface area contributed by atoms with E-state index in [1.165, 1.54) is 0 Å². The van der Waals surface area contributed by atoms with E-state index in [9.17, 15) is 81.1 Å². The molecule has 2 aromatic rings. The van der Waals surface area contributed by atoms with Gasteiger partial charge in [0.15, 0.2) is 17.6 Å². The van der Waals surface area contributed by atoms with Crippen molar-refractivity contribution in [2.24, 2.45) is 0 Å². The van der Waals surface area contributed by atoms with Gasteiger partial charge in [-0.05, 0) is 18.2 Å². The molecule has 6 rings (SSSR count). The van der Waals surface area contributed by atoms with Crippen LogP contribution in [0, 0.1) is 0 Å². The number of aromatic hydroxyl groups is 3. The lowest BCUT2D eigenvalue weighted by atomic mass is 9.98. The first kappa shape index (κ1) is 45.7. The summed E-state index contributed by atoms with van der Waals surface area (Å²) in [6.45, 7) is -2.60. The fourth-order valence-corrected chi connectivity index (χ4v) is 6.72. The molecule has 0 saturated carbocycles. The zero-order valence-corrected chi connectivity index (χ0v) is 31.2. The van der Waals surface area contributed by atoms with Crippen molar-refractivity contribution >= 4 is 18.0 Å². The molecule has 25 heteroatoms. The monoisotopic (exact) mass is 876 g/mol. The van der Waals surface area contributed by atoms with Gasteiger partial charge in [-0.25, -0.2) is 0 Å². The average molecular weight is 877 g/mol. The summed E-state index contributed by atoms with van der Waals surface area (Å²) in [4.78, 5) is 22.8. The molecule has 0 amide bonds. The minimum Gasteiger partial charge on any atom is -0.508 e. The average Bonchev–Trinajstić information content (AvgIpc) is 3.21. The van der Waals surface area contributed by atoms with Crippen LogP contribution in [0.2, 0.25) is 0 Å². The Morgan fingerprint density at radius 3 is 1.57 bits per heavy atom. The molecule has 338 valence electrons. The first-order valence-electron chi connectivity index (χ1n) is 18.3. The fraction of sp³-hybridized carbons (Fsp3) is 0.556. The molecule has 25 nitrogen and oxygen atoms in total. The molecule has 16 atom stereocenters. The molecule has 3 fully saturated rings. The predicted molar refractivity (Wildman–Crippen MR) is 189 cm³/mol. The van der Waals surface area contributed by atoms with E-state index in [4.69, 9.17) is 43.0 Å². The van der Waals surface area contributed by atoms with E-state index in [0.29, 0.717) is 0 Å². The highest BCUT2D eigenvalue weighted by Crippen LogP contribution is 2.48. The molecule has 4 aliphatic rings. The van der Waals surface area contributed by atoms with Crippen molar-refractivity contribution < 1.29 is 124 Å². The second-order valence-electron chi connectivity index (χ2n) is 14.3. The highest BCUT2D eigenvalue weighted by atomic mass is 16.7. The van der Waals surface area contributed by atoms with Crippen LogP contribution in [0.25, 0.3) is 6.08 Å². The molecule has 0 spiro atoms. The Hall–Kier alpha value is -4.84. The molecule has 0 radical (unpaired) electrons. The van der Waals surface area contributed by atoms with Gasteiger partial charge >= 0.3 is 11.9 Å². The van der Waals surface area contributed by atoms with Crippen molar-refractivity contribution in [2.45, 2.75) is 105 Å². The molecule has 3 saturated heterocycles. The number of phenolic OH excluding ortho intramolecular Hbond substituents is 3. The number of carbonyl (C=O) groups excluding carboxylic acids is 1. The van der Waals surface area contributed by atoms with E-state index in [-0.39, 0.29) is 16.9 Å². The lowest BCUT2D eigenvalue weighted by Gasteiger charge is -2.41. The van der Waals surface area contributed by atoms with Gasteiger partial charge in [0.25, 0.3) is 0 Å². The van der Waals surface area contributed by atoms with Crippen LogP contribution in [-0.2, 0) is 33.3 Å². The third-order valence-corrected chi connectivity index (χ3v) is 10.1. The van der Waals surface area contributed by atoms with Crippen LogP contribution in [-0.4, -0.2) is 200 Å². The van der Waals surface area contributed by atoms with Crippen molar-refractivity contribution in [3.05, 3.63) is 41.2 Å². The largest absolute Gasteiger partial charge is 0.508 e. The maximum Gasteiger partial charge on any atom is 0.317 e. The van der Waals surface area contributed by atoms with E-state index >= 15 is 0 Å². The maximum absolute atomic E-state index is 11.9. The summed E-state index contributed by atoms with van der Waals surface area (Å²) < 4.78 is 44.8. The number of esters is 1. The van der Waals surface area contributed by atoms with Gasteiger partial charge in [-0.2, -0.15) is 0 Å². The van der Waals surface area contributed by atoms with E-state index in [2.05, 4.69) is 0 Å². The van der Waals surface area contributed by atoms with Gasteiger partial charge < -0.3 is 114 Å². The van der Waals surface area contributed by atoms with Crippen LogP contribution >= 0.6 is 0 Å². The molecule has 61 heavy (non-hydrogen) atoms. The topological polar surface area (TPSA) is 411 Å². The molecule has 2 aromatic carbocycles. The summed E-state index contributed by atoms with van der Waals surface area (Å²) in [6.07, 6.45) is -29.9. The van der Waals surface area contributed by atoms with E-state index in [1.54, 1.807) is 0 Å². The Balaban J connectivity index is 1.41. The summed E-state index contributed by atoms with van der Waals surface area (Å²) >= 11 is 0. The van der Waals surface area contributed by atoms with Gasteiger partial charge in [-0.3, -0.25) is 9.59 Å². The number of carbonyl (C=O) groups is 2. The number of aliphatic hydroxyl groups is 11. The number of carboxylic acids is 1. The maximum atomic E-state index is 11.9. The summed E-state index contributed by atoms with van der Waals surface area (Å²) in [5, 5.41) is 156. The van der Waals surface area contributed by atoms with Crippen LogP contribution in [0.15, 0.2) is 30.0 Å². The summed E-state index contributed by atoms with van der Waals surface area (Å²) in [6, 6.07) is 3.96. The smallest absolute Gasteiger partial charge is 0.317 e. The first-order chi connectivity index (χ1) is 28.8. The molecule has 0 aliphatic carbocycles. The molecular formula is C36H44O25. The SMILES string of the molecule is O=C(O)CC(=O)OC[C@H]1O[C@@H](OC2=Cc3c(O)cc(O)cc3OC2c2cc(O[C@@H]3O[C@H](CO)[C@@H](O)[C@H](O)[C@H]3O)c(O)c(O[C@@H]3O[C@H](CO)[C@@H](O)[C@H](O)[C@H]3O)c2)[C@H](O)[C@@H](O)[C@@H]1O. The Morgan fingerprint density at radius 1 is 0.607 bits per heavy atom. The van der Waals surface area contributed by atoms with Crippen molar-refractivity contribution in [3.63, 3.8) is 0 Å². The Labute approximate surface area is 342 Å². The number of ether oxygens (including phenoxy) is 8. The van der Waals surface area contributed by atoms with Crippen molar-refractivity contribution in [3.8, 4) is 34.5 Å². The molecule has 0 bridgehead atoms. The van der Waals surface area contributed by atoms with Gasteiger partial charge in [0, 0.05) is 17.7 Å². The van der Waals surface area contributed by atoms with E-state index in [0.717, 1.165) is 30.3 Å². The number of aliphatic hydroxyl groups excluding tert-OH is 11. The van der Waals surface area contributed by atoms with Crippen molar-refractivity contribution in [1.29, 1.82) is 0 Å². The summed E-state index contributed by atoms with van der Waals surface area (Å²) in [5.41, 5.74) is -0.384. The van der Waals surface area contributed by atoms with Crippen LogP contribution in [0.1, 0.15) is 23.7 Å². The summed E-state index contributed by atoms with van der Waals surface area (Å²) in [7, 11) is 0. The number of hydrogen-bond donors (Lipinski definition) is 15. The molecule has 4 heterocycles. The number of aliphatic carboxylic acids is 1. The van der Waals surface area contributed by atoms with Crippen LogP contribution in [0.3, 0.4) is 0 Å². The number of fused-ring (bicyclic) bond motifs is 1. The van der Waals surface area contributed by atoms with E-state index in [1.807, 2.05) is 0 Å². The minimum absolute atomic E-state index is 0.150. The standard InChI is InChI=1S/C36H44O25/c37-7-18-24(45)27(48)30(51)34(59-18)56-15-1-10(2-16(23(15)44)57-35-31(52)28(49)25(46)19(8-38)60-35)33-17(5-12-13(40)3-11(39)4-14(12)55-33)58-36-32(53)29(50)26(47)20(61-36)9-54-22(43)6-21(41)42/h1-5,18-20,24-40,44-53H,6-9H2,(H,41,42)/t18-,19-,20-,24-,25-,26-,27+,28+,29+,30-,31-,32-,33?,34-,35-,36-/m1/s1. The van der Waals surface area contributed by atoms with Gasteiger partial charge in [0.2, 0.25) is 24.6 Å². The predicted octanol–water partition coefficient (Wildman–Crippen LogP) is -5.52. The Kier molecular flexibility index (Phi) is 14.0. The second kappa shape index (κ2) is 18.6. The third-order valence-electron chi connectivity index (χ3n) is 10.1. The molecular weight excluding hydrogens is 832 g/mol. The Morgan fingerprint density at radius 2 is 1.08 bits per heavy atom. The first-order valence-corrected chi connectivity index (χ1v) is 18.3. The molecule has 1 unspecified atom stereocenters. The quantitative estimate of drug-likeness (QED) is 0.0659. The third kappa shape index (κ3) is 9.49. The van der Waals surface area contributed by atoms with Crippen molar-refractivity contribution in [1.82, 2.24) is 0 Å². The van der Waals surface area contributed by atoms with Crippen LogP contribution < -0.4 is 14.2 Å². The lowest BCUT2D eigenvalue weighted by molar-refractivity contribution is -0.294. The number of phenols is 3. The van der Waals surface area contributed by atoms with Crippen molar-refractivity contribution in [2.75, 3.05) is 19.8 Å². The van der Waals surface area contributed by atoms with Gasteiger partial charge in [0.1, 0.15) is 109 Å². The Bertz CT molecular complexity index is 1860. The highest BCUT2D eigenvalue weighted by molar-refractivity contribution is 5.90. The summed E-state index contributed by atoms with van der Waals surface area (Å²) in [5.74, 6) is -6.91. The van der Waals surface area contributed by atoms with Gasteiger partial charge in [-0.15, -0.1) is 0 Å². The second-order valence-corrected chi connectivity index (χ2v) is 14.3. The molecule has 15 N–H and O–H groups in total. The normalized spacial score (nSPS) is 36.1.